The molecule has 0 aromatic carbocycles. The van der Waals surface area contributed by atoms with Crippen molar-refractivity contribution >= 4 is 21.9 Å². The van der Waals surface area contributed by atoms with Crippen LogP contribution in [0.2, 0.25) is 0 Å². The standard InChI is InChI=1S/C8H15N3O4S2.Na/c1-11(2)6-7-9-10-8(15-7)16-4-3-5-17(12,13)14;/h3-6H2,1-2H3,(H,12,13,14);/q;+1/p-1. The zero-order valence-corrected chi connectivity index (χ0v) is 14.3. The first-order valence-electron chi connectivity index (χ1n) is 4.90. The van der Waals surface area contributed by atoms with Crippen molar-refractivity contribution < 1.29 is 46.9 Å². The van der Waals surface area contributed by atoms with Gasteiger partial charge >= 0.3 is 29.6 Å². The summed E-state index contributed by atoms with van der Waals surface area (Å²) in [6, 6.07) is 0. The summed E-state index contributed by atoms with van der Waals surface area (Å²) in [5.74, 6) is 0.609. The predicted octanol–water partition coefficient (Wildman–Crippen LogP) is -2.84. The number of nitrogens with zero attached hydrogens (tertiary/aromatic N) is 3. The third-order valence-corrected chi connectivity index (χ3v) is 3.36. The molecule has 0 bridgehead atoms. The van der Waals surface area contributed by atoms with E-state index in [0.717, 1.165) is 0 Å². The second-order valence-corrected chi connectivity index (χ2v) is 6.23. The fraction of sp³-hybridized carbons (Fsp3) is 0.750. The minimum absolute atomic E-state index is 0. The van der Waals surface area contributed by atoms with Gasteiger partial charge in [-0.15, -0.1) is 10.2 Å². The zero-order chi connectivity index (χ0) is 12.9. The van der Waals surface area contributed by atoms with Gasteiger partial charge in [0.15, 0.2) is 0 Å². The predicted molar refractivity (Wildman–Crippen MR) is 61.6 cm³/mol. The molecule has 0 aliphatic rings. The average molecular weight is 303 g/mol. The SMILES string of the molecule is CN(C)Cc1nnc(SCCCS(=O)(=O)[O-])o1.[Na+]. The molecule has 1 heterocycles. The normalized spacial score (nSPS) is 11.6. The minimum Gasteiger partial charge on any atom is -0.748 e. The molecule has 0 aliphatic heterocycles. The Morgan fingerprint density at radius 2 is 2.06 bits per heavy atom. The molecule has 1 rings (SSSR count). The second-order valence-electron chi connectivity index (χ2n) is 3.66. The number of hydrogen-bond donors (Lipinski definition) is 0. The summed E-state index contributed by atoms with van der Waals surface area (Å²) < 4.78 is 36.3. The molecule has 0 radical (unpaired) electrons. The molecule has 1 aromatic rings. The first kappa shape index (κ1) is 18.4. The van der Waals surface area contributed by atoms with E-state index in [-0.39, 0.29) is 41.7 Å². The molecule has 0 saturated carbocycles. The van der Waals surface area contributed by atoms with Gasteiger partial charge in [-0.25, -0.2) is 8.42 Å². The quantitative estimate of drug-likeness (QED) is 0.230. The number of aromatic nitrogens is 2. The molecule has 0 amide bonds. The van der Waals surface area contributed by atoms with E-state index in [9.17, 15) is 13.0 Å². The van der Waals surface area contributed by atoms with Crippen molar-refractivity contribution in [1.29, 1.82) is 0 Å². The van der Waals surface area contributed by atoms with Crippen LogP contribution in [-0.4, -0.2) is 53.7 Å². The molecule has 0 spiro atoms. The molecular formula is C8H14N3NaO4S2. The van der Waals surface area contributed by atoms with Gasteiger partial charge in [-0.05, 0) is 20.5 Å². The summed E-state index contributed by atoms with van der Waals surface area (Å²) in [4.78, 5) is 1.89. The Bertz CT molecular complexity index is 449. The summed E-state index contributed by atoms with van der Waals surface area (Å²) in [6.07, 6.45) is 0.280. The van der Waals surface area contributed by atoms with Crippen molar-refractivity contribution in [2.45, 2.75) is 18.2 Å². The van der Waals surface area contributed by atoms with E-state index in [1.54, 1.807) is 0 Å². The number of hydrogen-bond acceptors (Lipinski definition) is 8. The van der Waals surface area contributed by atoms with Crippen LogP contribution in [0.5, 0.6) is 0 Å². The molecule has 18 heavy (non-hydrogen) atoms. The van der Waals surface area contributed by atoms with Crippen LogP contribution in [0.15, 0.2) is 9.64 Å². The zero-order valence-electron chi connectivity index (χ0n) is 10.6. The summed E-state index contributed by atoms with van der Waals surface area (Å²) in [5, 5.41) is 8.01. The Labute approximate surface area is 133 Å². The van der Waals surface area contributed by atoms with Gasteiger partial charge in [-0.1, -0.05) is 11.8 Å². The van der Waals surface area contributed by atoms with Crippen LogP contribution >= 0.6 is 11.8 Å². The Morgan fingerprint density at radius 1 is 1.39 bits per heavy atom. The fourth-order valence-corrected chi connectivity index (χ4v) is 2.42. The van der Waals surface area contributed by atoms with Gasteiger partial charge in [0.05, 0.1) is 16.7 Å². The van der Waals surface area contributed by atoms with Gasteiger partial charge in [-0.3, -0.25) is 0 Å². The van der Waals surface area contributed by atoms with E-state index in [1.165, 1.54) is 11.8 Å². The summed E-state index contributed by atoms with van der Waals surface area (Å²) in [6.45, 7) is 0.558. The van der Waals surface area contributed by atoms with Gasteiger partial charge < -0.3 is 13.9 Å². The molecule has 0 N–H and O–H groups in total. The maximum absolute atomic E-state index is 10.3. The van der Waals surface area contributed by atoms with Crippen molar-refractivity contribution in [3.63, 3.8) is 0 Å². The molecule has 1 aromatic heterocycles. The molecular weight excluding hydrogens is 289 g/mol. The Morgan fingerprint density at radius 3 is 2.61 bits per heavy atom. The fourth-order valence-electron chi connectivity index (χ4n) is 1.03. The van der Waals surface area contributed by atoms with Gasteiger partial charge in [0.25, 0.3) is 5.22 Å². The molecule has 98 valence electrons. The topological polar surface area (TPSA) is 99.4 Å². The monoisotopic (exact) mass is 303 g/mol. The van der Waals surface area contributed by atoms with Crippen molar-refractivity contribution in [2.24, 2.45) is 0 Å². The van der Waals surface area contributed by atoms with E-state index in [4.69, 9.17) is 4.42 Å². The van der Waals surface area contributed by atoms with Crippen molar-refractivity contribution in [3.05, 3.63) is 5.89 Å². The van der Waals surface area contributed by atoms with Gasteiger partial charge in [0.1, 0.15) is 0 Å². The van der Waals surface area contributed by atoms with Crippen LogP contribution in [-0.2, 0) is 16.7 Å². The van der Waals surface area contributed by atoms with Crippen molar-refractivity contribution in [2.75, 3.05) is 25.6 Å². The van der Waals surface area contributed by atoms with Crippen LogP contribution in [0.4, 0.5) is 0 Å². The van der Waals surface area contributed by atoms with Gasteiger partial charge in [0, 0.05) is 11.5 Å². The molecule has 0 fully saturated rings. The Balaban J connectivity index is 0.00000289. The minimum atomic E-state index is -4.13. The van der Waals surface area contributed by atoms with Gasteiger partial charge in [0.2, 0.25) is 5.89 Å². The van der Waals surface area contributed by atoms with Crippen LogP contribution in [0, 0.1) is 0 Å². The van der Waals surface area contributed by atoms with E-state index in [0.29, 0.717) is 23.4 Å². The van der Waals surface area contributed by atoms with Gasteiger partial charge in [-0.2, -0.15) is 0 Å². The van der Waals surface area contributed by atoms with Crippen molar-refractivity contribution in [1.82, 2.24) is 15.1 Å². The van der Waals surface area contributed by atoms with Crippen molar-refractivity contribution in [3.8, 4) is 0 Å². The Kier molecular flexibility index (Phi) is 8.69. The first-order valence-corrected chi connectivity index (χ1v) is 7.46. The summed E-state index contributed by atoms with van der Waals surface area (Å²) in [5.41, 5.74) is 0. The summed E-state index contributed by atoms with van der Waals surface area (Å²) >= 11 is 1.25. The third-order valence-electron chi connectivity index (χ3n) is 1.66. The van der Waals surface area contributed by atoms with E-state index >= 15 is 0 Å². The van der Waals surface area contributed by atoms with E-state index in [2.05, 4.69) is 10.2 Å². The smallest absolute Gasteiger partial charge is 0.748 e. The first-order chi connectivity index (χ1) is 7.87. The van der Waals surface area contributed by atoms with Crippen LogP contribution in [0.3, 0.4) is 0 Å². The molecule has 0 saturated heterocycles. The molecule has 0 atom stereocenters. The number of thioether (sulfide) groups is 1. The Hall–Kier alpha value is 0.360. The molecule has 0 aliphatic carbocycles. The maximum Gasteiger partial charge on any atom is 1.00 e. The largest absolute Gasteiger partial charge is 1.00 e. The summed E-state index contributed by atoms with van der Waals surface area (Å²) in [7, 11) is -0.356. The molecule has 0 unspecified atom stereocenters. The molecule has 10 heteroatoms. The maximum atomic E-state index is 10.3. The van der Waals surface area contributed by atoms with E-state index in [1.807, 2.05) is 19.0 Å². The van der Waals surface area contributed by atoms with Crippen LogP contribution in [0.1, 0.15) is 12.3 Å². The van der Waals surface area contributed by atoms with Crippen LogP contribution < -0.4 is 29.6 Å². The van der Waals surface area contributed by atoms with E-state index < -0.39 is 10.1 Å². The number of rotatable bonds is 7. The molecule has 7 nitrogen and oxygen atoms in total. The van der Waals surface area contributed by atoms with Crippen LogP contribution in [0.25, 0.3) is 0 Å². The second kappa shape index (κ2) is 8.51. The average Bonchev–Trinajstić information content (AvgIpc) is 2.58. The third kappa shape index (κ3) is 8.46.